The standard InChI is InChI=1S/C17H16Cl2N2O5/c1-9(16(22)21-15-13(19)6-10(18)8-20-15)26-17(23)12-5-4-11(24-2)7-14(12)25-3/h4-9H,1-3H3,(H,20,21,22)/t9-/m0/s1. The summed E-state index contributed by atoms with van der Waals surface area (Å²) >= 11 is 11.7. The van der Waals surface area contributed by atoms with Crippen molar-refractivity contribution in [3.63, 3.8) is 0 Å². The summed E-state index contributed by atoms with van der Waals surface area (Å²) in [5, 5.41) is 2.97. The van der Waals surface area contributed by atoms with Crippen LogP contribution < -0.4 is 14.8 Å². The maximum Gasteiger partial charge on any atom is 0.342 e. The summed E-state index contributed by atoms with van der Waals surface area (Å²) in [7, 11) is 2.91. The second kappa shape index (κ2) is 8.73. The van der Waals surface area contributed by atoms with Gasteiger partial charge in [0.25, 0.3) is 5.91 Å². The number of hydrogen-bond acceptors (Lipinski definition) is 6. The second-order valence-electron chi connectivity index (χ2n) is 5.09. The van der Waals surface area contributed by atoms with Crippen LogP contribution in [0.4, 0.5) is 5.82 Å². The van der Waals surface area contributed by atoms with Crippen molar-refractivity contribution in [2.45, 2.75) is 13.0 Å². The van der Waals surface area contributed by atoms with Crippen molar-refractivity contribution in [2.75, 3.05) is 19.5 Å². The summed E-state index contributed by atoms with van der Waals surface area (Å²) in [6, 6.07) is 6.05. The molecule has 0 aliphatic rings. The Bertz CT molecular complexity index is 829. The molecule has 26 heavy (non-hydrogen) atoms. The number of esters is 1. The van der Waals surface area contributed by atoms with Crippen LogP contribution in [0.3, 0.4) is 0 Å². The van der Waals surface area contributed by atoms with E-state index in [4.69, 9.17) is 37.4 Å². The van der Waals surface area contributed by atoms with Crippen molar-refractivity contribution in [3.8, 4) is 11.5 Å². The van der Waals surface area contributed by atoms with Crippen LogP contribution in [0.1, 0.15) is 17.3 Å². The van der Waals surface area contributed by atoms with Crippen LogP contribution in [0.5, 0.6) is 11.5 Å². The fourth-order valence-corrected chi connectivity index (χ4v) is 2.40. The van der Waals surface area contributed by atoms with Crippen molar-refractivity contribution in [1.29, 1.82) is 0 Å². The maximum absolute atomic E-state index is 12.3. The Hall–Kier alpha value is -2.51. The fourth-order valence-electron chi connectivity index (χ4n) is 1.97. The van der Waals surface area contributed by atoms with Gasteiger partial charge in [-0.2, -0.15) is 0 Å². The number of halogens is 2. The van der Waals surface area contributed by atoms with Crippen LogP contribution in [0.2, 0.25) is 10.0 Å². The van der Waals surface area contributed by atoms with Crippen LogP contribution >= 0.6 is 23.2 Å². The zero-order valence-corrected chi connectivity index (χ0v) is 15.7. The van der Waals surface area contributed by atoms with Crippen LogP contribution in [-0.4, -0.2) is 37.2 Å². The number of anilines is 1. The van der Waals surface area contributed by atoms with Crippen molar-refractivity contribution >= 4 is 40.9 Å². The first-order valence-electron chi connectivity index (χ1n) is 7.40. The number of amides is 1. The van der Waals surface area contributed by atoms with Crippen molar-refractivity contribution in [3.05, 3.63) is 46.1 Å². The smallest absolute Gasteiger partial charge is 0.342 e. The van der Waals surface area contributed by atoms with E-state index in [1.54, 1.807) is 12.1 Å². The molecule has 138 valence electrons. The van der Waals surface area contributed by atoms with E-state index >= 15 is 0 Å². The Morgan fingerprint density at radius 1 is 1.15 bits per heavy atom. The fraction of sp³-hybridized carbons (Fsp3) is 0.235. The van der Waals surface area contributed by atoms with Crippen LogP contribution in [0, 0.1) is 0 Å². The Morgan fingerprint density at radius 3 is 2.50 bits per heavy atom. The molecule has 0 radical (unpaired) electrons. The molecule has 0 saturated heterocycles. The predicted molar refractivity (Wildman–Crippen MR) is 97.3 cm³/mol. The molecular formula is C17H16Cl2N2O5. The first-order valence-corrected chi connectivity index (χ1v) is 8.16. The first kappa shape index (κ1) is 19.8. The molecule has 7 nitrogen and oxygen atoms in total. The number of hydrogen-bond donors (Lipinski definition) is 1. The maximum atomic E-state index is 12.3. The largest absolute Gasteiger partial charge is 0.497 e. The average Bonchev–Trinajstić information content (AvgIpc) is 2.63. The number of carbonyl (C=O) groups is 2. The number of benzene rings is 1. The Labute approximate surface area is 160 Å². The molecule has 0 aliphatic heterocycles. The van der Waals surface area contributed by atoms with Gasteiger partial charge in [0.05, 0.1) is 24.3 Å². The molecule has 0 aliphatic carbocycles. The molecule has 0 unspecified atom stereocenters. The monoisotopic (exact) mass is 398 g/mol. The highest BCUT2D eigenvalue weighted by atomic mass is 35.5. The van der Waals surface area contributed by atoms with Crippen molar-refractivity contribution < 1.29 is 23.8 Å². The third-order valence-corrected chi connectivity index (χ3v) is 3.83. The lowest BCUT2D eigenvalue weighted by molar-refractivity contribution is -0.123. The van der Waals surface area contributed by atoms with Gasteiger partial charge in [-0.15, -0.1) is 0 Å². The van der Waals surface area contributed by atoms with Gasteiger partial charge >= 0.3 is 5.97 Å². The van der Waals surface area contributed by atoms with Crippen molar-refractivity contribution in [1.82, 2.24) is 4.98 Å². The van der Waals surface area contributed by atoms with Gasteiger partial charge < -0.3 is 19.5 Å². The molecule has 9 heteroatoms. The number of pyridine rings is 1. The summed E-state index contributed by atoms with van der Waals surface area (Å²) in [4.78, 5) is 28.4. The SMILES string of the molecule is COc1ccc(C(=O)O[C@@H](C)C(=O)Nc2ncc(Cl)cc2Cl)c(OC)c1. The lowest BCUT2D eigenvalue weighted by Gasteiger charge is -2.15. The highest BCUT2D eigenvalue weighted by Crippen LogP contribution is 2.26. The van der Waals surface area contributed by atoms with Crippen LogP contribution in [0.25, 0.3) is 0 Å². The minimum Gasteiger partial charge on any atom is -0.497 e. The molecule has 1 heterocycles. The van der Waals surface area contributed by atoms with E-state index in [1.165, 1.54) is 39.5 Å². The minimum absolute atomic E-state index is 0.117. The van der Waals surface area contributed by atoms with Gasteiger partial charge in [0.15, 0.2) is 11.9 Å². The topological polar surface area (TPSA) is 86.8 Å². The lowest BCUT2D eigenvalue weighted by atomic mass is 10.2. The first-order chi connectivity index (χ1) is 12.3. The Morgan fingerprint density at radius 2 is 1.88 bits per heavy atom. The molecule has 1 aromatic carbocycles. The third-order valence-electron chi connectivity index (χ3n) is 3.33. The lowest BCUT2D eigenvalue weighted by Crippen LogP contribution is -2.30. The molecule has 1 aromatic heterocycles. The van der Waals surface area contributed by atoms with E-state index in [0.29, 0.717) is 10.8 Å². The summed E-state index contributed by atoms with van der Waals surface area (Å²) in [5.74, 6) is -0.409. The van der Waals surface area contributed by atoms with E-state index in [0.717, 1.165) is 0 Å². The van der Waals surface area contributed by atoms with E-state index < -0.39 is 18.0 Å². The molecule has 1 atom stereocenters. The minimum atomic E-state index is -1.09. The van der Waals surface area contributed by atoms with Crippen molar-refractivity contribution in [2.24, 2.45) is 0 Å². The van der Waals surface area contributed by atoms with Gasteiger partial charge in [-0.1, -0.05) is 23.2 Å². The molecule has 1 amide bonds. The molecule has 0 saturated carbocycles. The third kappa shape index (κ3) is 4.77. The number of rotatable bonds is 6. The molecule has 2 aromatic rings. The Balaban J connectivity index is 2.07. The molecule has 0 spiro atoms. The summed E-state index contributed by atoms with van der Waals surface area (Å²) in [5.41, 5.74) is 0.163. The molecule has 0 bridgehead atoms. The van der Waals surface area contributed by atoms with E-state index in [1.807, 2.05) is 0 Å². The zero-order valence-electron chi connectivity index (χ0n) is 14.2. The molecule has 1 N–H and O–H groups in total. The number of aromatic nitrogens is 1. The molecule has 2 rings (SSSR count). The Kier molecular flexibility index (Phi) is 6.65. The van der Waals surface area contributed by atoms with E-state index in [2.05, 4.69) is 10.3 Å². The van der Waals surface area contributed by atoms with Gasteiger partial charge in [-0.3, -0.25) is 4.79 Å². The number of nitrogens with one attached hydrogen (secondary N) is 1. The average molecular weight is 399 g/mol. The highest BCUT2D eigenvalue weighted by Gasteiger charge is 2.22. The van der Waals surface area contributed by atoms with Gasteiger partial charge in [-0.25, -0.2) is 9.78 Å². The van der Waals surface area contributed by atoms with Gasteiger partial charge in [-0.05, 0) is 25.1 Å². The summed E-state index contributed by atoms with van der Waals surface area (Å²) < 4.78 is 15.4. The highest BCUT2D eigenvalue weighted by molar-refractivity contribution is 6.36. The van der Waals surface area contributed by atoms with Gasteiger partial charge in [0, 0.05) is 12.3 Å². The summed E-state index contributed by atoms with van der Waals surface area (Å²) in [6.07, 6.45) is 0.241. The number of nitrogens with zero attached hydrogens (tertiary/aromatic N) is 1. The normalized spacial score (nSPS) is 11.4. The molecule has 0 fully saturated rings. The van der Waals surface area contributed by atoms with Gasteiger partial charge in [0.1, 0.15) is 17.1 Å². The number of methoxy groups -OCH3 is 2. The van der Waals surface area contributed by atoms with E-state index in [9.17, 15) is 9.59 Å². The molecular weight excluding hydrogens is 383 g/mol. The van der Waals surface area contributed by atoms with E-state index in [-0.39, 0.29) is 22.2 Å². The predicted octanol–water partition coefficient (Wildman–Crippen LogP) is 3.59. The van der Waals surface area contributed by atoms with Crippen LogP contribution in [0.15, 0.2) is 30.5 Å². The quantitative estimate of drug-likeness (QED) is 0.748. The zero-order chi connectivity index (χ0) is 19.3. The summed E-state index contributed by atoms with van der Waals surface area (Å²) in [6.45, 7) is 1.42. The second-order valence-corrected chi connectivity index (χ2v) is 5.93. The number of ether oxygens (including phenoxy) is 3. The van der Waals surface area contributed by atoms with Gasteiger partial charge in [0.2, 0.25) is 0 Å². The number of carbonyl (C=O) groups excluding carboxylic acids is 2. The van der Waals surface area contributed by atoms with Crippen LogP contribution in [-0.2, 0) is 9.53 Å².